The molecule has 0 saturated carbocycles. The number of nitrogens with zero attached hydrogens (tertiary/aromatic N) is 2. The Hall–Kier alpha value is -6.84. The molecule has 258 valence electrons. The molecule has 0 unspecified atom stereocenters. The molecule has 0 spiro atoms. The molecule has 9 aromatic carbocycles. The lowest BCUT2D eigenvalue weighted by molar-refractivity contribution is 0.660. The average molecular weight is 709 g/mol. The summed E-state index contributed by atoms with van der Waals surface area (Å²) in [6, 6.07) is 62.6. The van der Waals surface area contributed by atoms with Crippen molar-refractivity contribution in [1.29, 1.82) is 0 Å². The lowest BCUT2D eigenvalue weighted by Crippen LogP contribution is -2.59. The highest BCUT2D eigenvalue weighted by molar-refractivity contribution is 7.00. The Kier molecular flexibility index (Phi) is 5.20. The van der Waals surface area contributed by atoms with E-state index >= 15 is 0 Å². The van der Waals surface area contributed by atoms with Crippen LogP contribution in [-0.4, -0.2) is 15.8 Å². The van der Waals surface area contributed by atoms with E-state index < -0.39 is 0 Å². The van der Waals surface area contributed by atoms with Crippen LogP contribution < -0.4 is 16.4 Å². The second-order valence-corrected chi connectivity index (χ2v) is 16.9. The number of para-hydroxylation sites is 2. The van der Waals surface area contributed by atoms with Crippen LogP contribution in [0.1, 0.15) is 25.0 Å². The maximum absolute atomic E-state index is 2.61. The maximum Gasteiger partial charge on any atom is 0.252 e. The van der Waals surface area contributed by atoms with Crippen molar-refractivity contribution in [3.63, 3.8) is 0 Å². The topological polar surface area (TPSA) is 9.86 Å². The van der Waals surface area contributed by atoms with Gasteiger partial charge in [0.15, 0.2) is 0 Å². The molecular formula is C53H33BN2. The normalized spacial score (nSPS) is 14.4. The summed E-state index contributed by atoms with van der Waals surface area (Å²) >= 11 is 0. The minimum Gasteiger partial charge on any atom is -0.310 e. The highest BCUT2D eigenvalue weighted by Gasteiger charge is 2.41. The van der Waals surface area contributed by atoms with Crippen LogP contribution in [0.25, 0.3) is 98.8 Å². The Morgan fingerprint density at radius 2 is 0.929 bits per heavy atom. The van der Waals surface area contributed by atoms with Crippen LogP contribution in [0.4, 0.5) is 0 Å². The standard InChI is InChI=1S/C53H33BN2/c1-53(2)42-18-8-7-15-36(42)39-23-34(21-22-43(39)53)35-28-48-50-49(29-35)56-47-27-33-14-6-4-12-31(33)25-41(47)38-17-10-20-45(52(38)56)54(50)44-19-9-16-37-40-24-30-11-3-5-13-32(30)26-46(40)55(48)51(37)44/h3-29H,1-2H3. The summed E-state index contributed by atoms with van der Waals surface area (Å²) in [5.74, 6) is 0. The lowest BCUT2D eigenvalue weighted by Gasteiger charge is -2.34. The van der Waals surface area contributed by atoms with Gasteiger partial charge in [0.1, 0.15) is 0 Å². The minimum atomic E-state index is -0.0379. The number of benzene rings is 9. The number of hydrogen-bond acceptors (Lipinski definition) is 0. The maximum atomic E-state index is 2.61. The molecule has 0 fully saturated rings. The summed E-state index contributed by atoms with van der Waals surface area (Å²) in [6.45, 7) is 4.84. The lowest BCUT2D eigenvalue weighted by atomic mass is 9.34. The molecule has 4 heterocycles. The van der Waals surface area contributed by atoms with Gasteiger partial charge in [-0.1, -0.05) is 135 Å². The second-order valence-electron chi connectivity index (χ2n) is 16.9. The molecule has 11 aromatic rings. The predicted molar refractivity (Wildman–Crippen MR) is 238 cm³/mol. The Labute approximate surface area is 323 Å². The van der Waals surface area contributed by atoms with Crippen molar-refractivity contribution in [3.05, 3.63) is 175 Å². The second kappa shape index (κ2) is 9.87. The van der Waals surface area contributed by atoms with Gasteiger partial charge >= 0.3 is 0 Å². The van der Waals surface area contributed by atoms with E-state index in [2.05, 4.69) is 187 Å². The van der Waals surface area contributed by atoms with Crippen molar-refractivity contribution in [2.24, 2.45) is 0 Å². The third kappa shape index (κ3) is 3.43. The van der Waals surface area contributed by atoms with E-state index in [4.69, 9.17) is 0 Å². The van der Waals surface area contributed by atoms with Gasteiger partial charge in [0.25, 0.3) is 6.71 Å². The van der Waals surface area contributed by atoms with E-state index in [0.717, 1.165) is 0 Å². The Morgan fingerprint density at radius 1 is 0.411 bits per heavy atom. The molecule has 56 heavy (non-hydrogen) atoms. The van der Waals surface area contributed by atoms with Crippen molar-refractivity contribution < 1.29 is 0 Å². The summed E-state index contributed by atoms with van der Waals surface area (Å²) in [5.41, 5.74) is 19.9. The minimum absolute atomic E-state index is 0.0379. The first-order valence-corrected chi connectivity index (χ1v) is 19.9. The van der Waals surface area contributed by atoms with Crippen LogP contribution >= 0.6 is 0 Å². The largest absolute Gasteiger partial charge is 0.310 e. The molecule has 3 aliphatic rings. The summed E-state index contributed by atoms with van der Waals surface area (Å²) < 4.78 is 5.23. The fourth-order valence-corrected chi connectivity index (χ4v) is 11.4. The van der Waals surface area contributed by atoms with E-state index in [1.54, 1.807) is 0 Å². The van der Waals surface area contributed by atoms with Gasteiger partial charge in [-0.15, -0.1) is 0 Å². The number of aromatic nitrogens is 2. The van der Waals surface area contributed by atoms with Crippen molar-refractivity contribution >= 4 is 88.3 Å². The van der Waals surface area contributed by atoms with Gasteiger partial charge in [0, 0.05) is 49.4 Å². The molecule has 0 radical (unpaired) electrons. The predicted octanol–water partition coefficient (Wildman–Crippen LogP) is 11.3. The third-order valence-corrected chi connectivity index (χ3v) is 13.8. The average Bonchev–Trinajstić information content (AvgIpc) is 3.82. The highest BCUT2D eigenvalue weighted by atomic mass is 15.0. The number of hydrogen-bond donors (Lipinski definition) is 0. The van der Waals surface area contributed by atoms with Crippen molar-refractivity contribution in [2.45, 2.75) is 19.3 Å². The van der Waals surface area contributed by atoms with Gasteiger partial charge in [-0.2, -0.15) is 0 Å². The van der Waals surface area contributed by atoms with Crippen LogP contribution in [0, 0.1) is 0 Å². The van der Waals surface area contributed by atoms with Gasteiger partial charge in [0.05, 0.1) is 11.0 Å². The molecule has 2 aromatic heterocycles. The Bertz CT molecular complexity index is 3450. The van der Waals surface area contributed by atoms with Crippen LogP contribution in [0.15, 0.2) is 164 Å². The first-order valence-electron chi connectivity index (χ1n) is 19.9. The van der Waals surface area contributed by atoms with Crippen molar-refractivity contribution in [3.8, 4) is 33.6 Å². The van der Waals surface area contributed by atoms with Gasteiger partial charge < -0.3 is 9.13 Å². The molecule has 2 nitrogen and oxygen atoms in total. The molecule has 0 atom stereocenters. The monoisotopic (exact) mass is 708 g/mol. The van der Waals surface area contributed by atoms with Crippen molar-refractivity contribution in [1.82, 2.24) is 9.13 Å². The van der Waals surface area contributed by atoms with Gasteiger partial charge in [-0.25, -0.2) is 0 Å². The third-order valence-electron chi connectivity index (χ3n) is 13.8. The summed E-state index contributed by atoms with van der Waals surface area (Å²) in [6.07, 6.45) is 0. The first kappa shape index (κ1) is 29.5. The quantitative estimate of drug-likeness (QED) is 0.150. The Morgan fingerprint density at radius 3 is 1.52 bits per heavy atom. The molecule has 0 bridgehead atoms. The van der Waals surface area contributed by atoms with E-state index in [0.29, 0.717) is 0 Å². The summed E-state index contributed by atoms with van der Waals surface area (Å²) in [5, 5.41) is 10.4. The van der Waals surface area contributed by atoms with Crippen LogP contribution in [-0.2, 0) is 5.41 Å². The fraction of sp³-hybridized carbons (Fsp3) is 0.0566. The fourth-order valence-electron chi connectivity index (χ4n) is 11.4. The van der Waals surface area contributed by atoms with Crippen molar-refractivity contribution in [2.75, 3.05) is 0 Å². The molecule has 0 amide bonds. The zero-order chi connectivity index (χ0) is 36.6. The summed E-state index contributed by atoms with van der Waals surface area (Å²) in [4.78, 5) is 0. The van der Waals surface area contributed by atoms with Gasteiger partial charge in [-0.3, -0.25) is 0 Å². The van der Waals surface area contributed by atoms with Gasteiger partial charge in [0.2, 0.25) is 0 Å². The van der Waals surface area contributed by atoms with E-state index in [1.807, 2.05) is 0 Å². The molecule has 14 rings (SSSR count). The molecular weight excluding hydrogens is 675 g/mol. The molecule has 2 aliphatic heterocycles. The SMILES string of the molecule is CC1(C)c2ccccc2-c2cc(-c3cc4c5c(c3)-n3c6cc7ccccc7cc6c6cccc(c63)B5c3cccc5c6cc7ccccc7cc6n-4c35)ccc21. The zero-order valence-corrected chi connectivity index (χ0v) is 31.1. The van der Waals surface area contributed by atoms with Gasteiger partial charge in [-0.05, 0) is 114 Å². The smallest absolute Gasteiger partial charge is 0.252 e. The first-order chi connectivity index (χ1) is 27.5. The van der Waals surface area contributed by atoms with Crippen LogP contribution in [0.5, 0.6) is 0 Å². The molecule has 0 N–H and O–H groups in total. The summed E-state index contributed by atoms with van der Waals surface area (Å²) in [7, 11) is 0. The molecule has 1 aliphatic carbocycles. The van der Waals surface area contributed by atoms with E-state index in [1.165, 1.54) is 126 Å². The van der Waals surface area contributed by atoms with E-state index in [9.17, 15) is 0 Å². The molecule has 3 heteroatoms. The van der Waals surface area contributed by atoms with Crippen LogP contribution in [0.2, 0.25) is 0 Å². The van der Waals surface area contributed by atoms with Crippen LogP contribution in [0.3, 0.4) is 0 Å². The Balaban J connectivity index is 1.16. The zero-order valence-electron chi connectivity index (χ0n) is 31.1. The highest BCUT2D eigenvalue weighted by Crippen LogP contribution is 2.50. The molecule has 0 saturated heterocycles. The van der Waals surface area contributed by atoms with E-state index in [-0.39, 0.29) is 12.1 Å². The number of rotatable bonds is 1. The number of fused-ring (bicyclic) bond motifs is 15.